The van der Waals surface area contributed by atoms with Crippen molar-refractivity contribution in [1.82, 2.24) is 5.32 Å². The Balaban J connectivity index is 1.81. The zero-order valence-electron chi connectivity index (χ0n) is 15.8. The molecule has 3 rings (SSSR count). The summed E-state index contributed by atoms with van der Waals surface area (Å²) in [5.74, 6) is -0.0299. The number of carbonyl (C=O) groups is 1. The Labute approximate surface area is 170 Å². The second kappa shape index (κ2) is 9.15. The molecular formula is C23H23N3OS. The van der Waals surface area contributed by atoms with Crippen molar-refractivity contribution in [3.05, 3.63) is 84.9 Å². The maximum absolute atomic E-state index is 13.2. The summed E-state index contributed by atoms with van der Waals surface area (Å²) >= 11 is 5.21. The summed E-state index contributed by atoms with van der Waals surface area (Å²) in [5, 5.41) is 8.80. The summed E-state index contributed by atoms with van der Waals surface area (Å²) in [6.45, 7) is 6.81. The van der Waals surface area contributed by atoms with E-state index in [1.54, 1.807) is 11.0 Å². The Morgan fingerprint density at radius 1 is 1.07 bits per heavy atom. The van der Waals surface area contributed by atoms with Crippen LogP contribution in [-0.2, 0) is 0 Å². The average molecular weight is 390 g/mol. The van der Waals surface area contributed by atoms with Gasteiger partial charge in [-0.1, -0.05) is 42.5 Å². The van der Waals surface area contributed by atoms with Crippen LogP contribution in [0.5, 0.6) is 0 Å². The van der Waals surface area contributed by atoms with Crippen LogP contribution in [0.15, 0.2) is 79.4 Å². The SMILES string of the molecule is C=CCNC(=S)Nc1ccc(C(=O)N(CC)c2cccc3ccccc23)cc1. The zero-order valence-corrected chi connectivity index (χ0v) is 16.6. The molecule has 3 aromatic carbocycles. The highest BCUT2D eigenvalue weighted by molar-refractivity contribution is 7.80. The summed E-state index contributed by atoms with van der Waals surface area (Å²) < 4.78 is 0. The summed E-state index contributed by atoms with van der Waals surface area (Å²) in [4.78, 5) is 15.0. The summed E-state index contributed by atoms with van der Waals surface area (Å²) in [5.41, 5.74) is 2.37. The summed E-state index contributed by atoms with van der Waals surface area (Å²) in [6.07, 6.45) is 1.74. The van der Waals surface area contributed by atoms with Gasteiger partial charge in [0.05, 0.1) is 5.69 Å². The maximum atomic E-state index is 13.2. The molecule has 0 aromatic heterocycles. The van der Waals surface area contributed by atoms with Crippen molar-refractivity contribution in [3.63, 3.8) is 0 Å². The minimum absolute atomic E-state index is 0.0299. The maximum Gasteiger partial charge on any atom is 0.258 e. The van der Waals surface area contributed by atoms with Gasteiger partial charge in [-0.15, -0.1) is 6.58 Å². The van der Waals surface area contributed by atoms with Crippen molar-refractivity contribution in [1.29, 1.82) is 0 Å². The molecule has 0 aliphatic carbocycles. The van der Waals surface area contributed by atoms with Gasteiger partial charge in [0.15, 0.2) is 5.11 Å². The first-order valence-electron chi connectivity index (χ1n) is 9.19. The molecule has 3 aromatic rings. The molecule has 4 nitrogen and oxygen atoms in total. The fourth-order valence-corrected chi connectivity index (χ4v) is 3.26. The molecule has 5 heteroatoms. The lowest BCUT2D eigenvalue weighted by Gasteiger charge is -2.23. The smallest absolute Gasteiger partial charge is 0.258 e. The molecule has 0 saturated carbocycles. The van der Waals surface area contributed by atoms with Crippen LogP contribution in [0.3, 0.4) is 0 Å². The number of fused-ring (bicyclic) bond motifs is 1. The molecule has 0 bridgehead atoms. The first-order chi connectivity index (χ1) is 13.6. The van der Waals surface area contributed by atoms with E-state index in [4.69, 9.17) is 12.2 Å². The van der Waals surface area contributed by atoms with E-state index in [0.29, 0.717) is 23.8 Å². The monoisotopic (exact) mass is 389 g/mol. The van der Waals surface area contributed by atoms with Crippen molar-refractivity contribution in [2.75, 3.05) is 23.3 Å². The zero-order chi connectivity index (χ0) is 19.9. The van der Waals surface area contributed by atoms with Crippen molar-refractivity contribution in [3.8, 4) is 0 Å². The molecule has 2 N–H and O–H groups in total. The van der Waals surface area contributed by atoms with E-state index in [0.717, 1.165) is 22.1 Å². The Kier molecular flexibility index (Phi) is 6.40. The molecule has 0 saturated heterocycles. The van der Waals surface area contributed by atoms with E-state index in [-0.39, 0.29) is 5.91 Å². The minimum Gasteiger partial charge on any atom is -0.359 e. The van der Waals surface area contributed by atoms with Gasteiger partial charge < -0.3 is 15.5 Å². The lowest BCUT2D eigenvalue weighted by Crippen LogP contribution is -2.31. The van der Waals surface area contributed by atoms with Gasteiger partial charge in [-0.2, -0.15) is 0 Å². The first-order valence-corrected chi connectivity index (χ1v) is 9.60. The molecule has 0 aliphatic heterocycles. The molecule has 0 radical (unpaired) electrons. The molecule has 0 atom stereocenters. The normalized spacial score (nSPS) is 10.3. The van der Waals surface area contributed by atoms with E-state index >= 15 is 0 Å². The van der Waals surface area contributed by atoms with Crippen molar-refractivity contribution in [2.24, 2.45) is 0 Å². The van der Waals surface area contributed by atoms with Crippen molar-refractivity contribution in [2.45, 2.75) is 6.92 Å². The van der Waals surface area contributed by atoms with Crippen molar-refractivity contribution >= 4 is 45.4 Å². The minimum atomic E-state index is -0.0299. The molecule has 0 heterocycles. The number of nitrogens with one attached hydrogen (secondary N) is 2. The van der Waals surface area contributed by atoms with Crippen LogP contribution in [0.2, 0.25) is 0 Å². The second-order valence-corrected chi connectivity index (χ2v) is 6.66. The van der Waals surface area contributed by atoms with E-state index in [1.807, 2.05) is 61.5 Å². The van der Waals surface area contributed by atoms with Gasteiger partial charge in [0.1, 0.15) is 0 Å². The number of hydrogen-bond acceptors (Lipinski definition) is 2. The van der Waals surface area contributed by atoms with Crippen LogP contribution in [0.1, 0.15) is 17.3 Å². The molecule has 1 amide bonds. The quantitative estimate of drug-likeness (QED) is 0.461. The number of hydrogen-bond donors (Lipinski definition) is 2. The van der Waals surface area contributed by atoms with Gasteiger partial charge in [0.25, 0.3) is 5.91 Å². The standard InChI is InChI=1S/C23H23N3OS/c1-3-16-24-23(28)25-19-14-12-18(13-15-19)22(27)26(4-2)21-11-7-9-17-8-5-6-10-20(17)21/h3,5-15H,1,4,16H2,2H3,(H2,24,25,28). The number of rotatable bonds is 6. The number of amides is 1. The third-order valence-corrected chi connectivity index (χ3v) is 4.66. The number of anilines is 2. The van der Waals surface area contributed by atoms with Crippen LogP contribution in [0.25, 0.3) is 10.8 Å². The van der Waals surface area contributed by atoms with Gasteiger partial charge >= 0.3 is 0 Å². The predicted octanol–water partition coefficient (Wildman–Crippen LogP) is 4.98. The van der Waals surface area contributed by atoms with E-state index in [1.165, 1.54) is 0 Å². The highest BCUT2D eigenvalue weighted by Crippen LogP contribution is 2.28. The molecule has 0 spiro atoms. The topological polar surface area (TPSA) is 44.4 Å². The molecule has 0 fully saturated rings. The molecule has 0 aliphatic rings. The molecule has 142 valence electrons. The van der Waals surface area contributed by atoms with Crippen molar-refractivity contribution < 1.29 is 4.79 Å². The number of thiocarbonyl (C=S) groups is 1. The fraction of sp³-hybridized carbons (Fsp3) is 0.130. The van der Waals surface area contributed by atoms with Crippen LogP contribution in [0, 0.1) is 0 Å². The van der Waals surface area contributed by atoms with Gasteiger partial charge in [-0.05, 0) is 54.9 Å². The van der Waals surface area contributed by atoms with Gasteiger partial charge in [-0.3, -0.25) is 4.79 Å². The number of carbonyl (C=O) groups excluding carboxylic acids is 1. The second-order valence-electron chi connectivity index (χ2n) is 6.25. The van der Waals surface area contributed by atoms with Crippen LogP contribution >= 0.6 is 12.2 Å². The van der Waals surface area contributed by atoms with E-state index < -0.39 is 0 Å². The van der Waals surface area contributed by atoms with Gasteiger partial charge in [0.2, 0.25) is 0 Å². The Morgan fingerprint density at radius 3 is 2.50 bits per heavy atom. The third kappa shape index (κ3) is 4.38. The van der Waals surface area contributed by atoms with Gasteiger partial charge in [0, 0.05) is 29.7 Å². The largest absolute Gasteiger partial charge is 0.359 e. The Hall–Kier alpha value is -3.18. The number of nitrogens with zero attached hydrogens (tertiary/aromatic N) is 1. The van der Waals surface area contributed by atoms with E-state index in [9.17, 15) is 4.79 Å². The molecular weight excluding hydrogens is 366 g/mol. The average Bonchev–Trinajstić information content (AvgIpc) is 2.73. The Morgan fingerprint density at radius 2 is 1.79 bits per heavy atom. The predicted molar refractivity (Wildman–Crippen MR) is 122 cm³/mol. The first kappa shape index (κ1) is 19.6. The number of benzene rings is 3. The summed E-state index contributed by atoms with van der Waals surface area (Å²) in [6, 6.07) is 21.5. The van der Waals surface area contributed by atoms with Crippen LogP contribution in [-0.4, -0.2) is 24.1 Å². The fourth-order valence-electron chi connectivity index (χ4n) is 3.06. The highest BCUT2D eigenvalue weighted by Gasteiger charge is 2.18. The van der Waals surface area contributed by atoms with Gasteiger partial charge in [-0.25, -0.2) is 0 Å². The van der Waals surface area contributed by atoms with E-state index in [2.05, 4.69) is 29.3 Å². The van der Waals surface area contributed by atoms with Crippen LogP contribution in [0.4, 0.5) is 11.4 Å². The molecule has 28 heavy (non-hydrogen) atoms. The third-order valence-electron chi connectivity index (χ3n) is 4.42. The Bertz CT molecular complexity index is 993. The lowest BCUT2D eigenvalue weighted by molar-refractivity contribution is 0.0988. The lowest BCUT2D eigenvalue weighted by atomic mass is 10.1. The van der Waals surface area contributed by atoms with Crippen LogP contribution < -0.4 is 15.5 Å². The summed E-state index contributed by atoms with van der Waals surface area (Å²) in [7, 11) is 0. The highest BCUT2D eigenvalue weighted by atomic mass is 32.1. The molecule has 0 unspecified atom stereocenters.